The van der Waals surface area contributed by atoms with Crippen molar-refractivity contribution >= 4 is 5.91 Å². The quantitative estimate of drug-likeness (QED) is 0.807. The van der Waals surface area contributed by atoms with Crippen LogP contribution in [0.15, 0.2) is 54.6 Å². The molecule has 2 aromatic carbocycles. The van der Waals surface area contributed by atoms with E-state index in [1.54, 1.807) is 12.1 Å². The lowest BCUT2D eigenvalue weighted by Gasteiger charge is -2.17. The number of hydrogen-bond donors (Lipinski definition) is 0. The van der Waals surface area contributed by atoms with Crippen LogP contribution in [0, 0.1) is 5.82 Å². The number of carbonyl (C=O) groups excluding carboxylic acids is 1. The molecule has 1 amide bonds. The van der Waals surface area contributed by atoms with Gasteiger partial charge in [-0.1, -0.05) is 36.4 Å². The number of ether oxygens (including phenoxy) is 1. The number of likely N-dealkylation sites (tertiary alicyclic amines) is 1. The molecule has 0 spiro atoms. The lowest BCUT2D eigenvalue weighted by Crippen LogP contribution is -2.30. The summed E-state index contributed by atoms with van der Waals surface area (Å²) in [7, 11) is 0. The first-order valence-corrected chi connectivity index (χ1v) is 8.44. The van der Waals surface area contributed by atoms with Crippen molar-refractivity contribution in [2.45, 2.75) is 31.8 Å². The van der Waals surface area contributed by atoms with Crippen molar-refractivity contribution < 1.29 is 13.9 Å². The summed E-state index contributed by atoms with van der Waals surface area (Å²) in [6.07, 6.45) is 3.07. The maximum absolute atomic E-state index is 13.2. The zero-order valence-corrected chi connectivity index (χ0v) is 13.7. The summed E-state index contributed by atoms with van der Waals surface area (Å²) in [4.78, 5) is 14.2. The summed E-state index contributed by atoms with van der Waals surface area (Å²) >= 11 is 0. The van der Waals surface area contributed by atoms with E-state index in [0.717, 1.165) is 19.3 Å². The monoisotopic (exact) mass is 327 g/mol. The Morgan fingerprint density at radius 3 is 2.79 bits per heavy atom. The van der Waals surface area contributed by atoms with E-state index in [-0.39, 0.29) is 17.8 Å². The Kier molecular flexibility index (Phi) is 5.47. The van der Waals surface area contributed by atoms with E-state index in [1.165, 1.54) is 17.7 Å². The van der Waals surface area contributed by atoms with E-state index in [1.807, 2.05) is 23.1 Å². The van der Waals surface area contributed by atoms with Gasteiger partial charge in [0.2, 0.25) is 5.91 Å². The van der Waals surface area contributed by atoms with Gasteiger partial charge in [-0.15, -0.1) is 0 Å². The highest BCUT2D eigenvalue weighted by atomic mass is 19.1. The molecule has 1 heterocycles. The second kappa shape index (κ2) is 7.95. The predicted molar refractivity (Wildman–Crippen MR) is 91.4 cm³/mol. The highest BCUT2D eigenvalue weighted by molar-refractivity contribution is 5.76. The lowest BCUT2D eigenvalue weighted by atomic mass is 10.1. The van der Waals surface area contributed by atoms with Gasteiger partial charge in [0.25, 0.3) is 0 Å². The van der Waals surface area contributed by atoms with Crippen molar-refractivity contribution in [2.75, 3.05) is 13.1 Å². The fourth-order valence-corrected chi connectivity index (χ4v) is 3.03. The molecule has 1 unspecified atom stereocenters. The van der Waals surface area contributed by atoms with E-state index in [9.17, 15) is 9.18 Å². The molecule has 0 aromatic heterocycles. The first-order chi connectivity index (χ1) is 11.7. The molecule has 1 fully saturated rings. The molecule has 2 aromatic rings. The van der Waals surface area contributed by atoms with Crippen molar-refractivity contribution in [3.8, 4) is 5.75 Å². The molecule has 4 heteroatoms. The summed E-state index contributed by atoms with van der Waals surface area (Å²) in [5.74, 6) is 0.397. The molecular formula is C20H22FNO2. The fraction of sp³-hybridized carbons (Fsp3) is 0.350. The van der Waals surface area contributed by atoms with E-state index in [4.69, 9.17) is 4.74 Å². The largest absolute Gasteiger partial charge is 0.488 e. The third-order valence-corrected chi connectivity index (χ3v) is 4.30. The summed E-state index contributed by atoms with van der Waals surface area (Å²) in [5, 5.41) is 0. The molecule has 1 aliphatic heterocycles. The molecule has 1 saturated heterocycles. The number of hydrogen-bond acceptors (Lipinski definition) is 2. The molecule has 3 rings (SSSR count). The smallest absolute Gasteiger partial charge is 0.222 e. The van der Waals surface area contributed by atoms with Gasteiger partial charge in [0, 0.05) is 25.5 Å². The van der Waals surface area contributed by atoms with Gasteiger partial charge in [-0.3, -0.25) is 4.79 Å². The minimum absolute atomic E-state index is 0.0510. The summed E-state index contributed by atoms with van der Waals surface area (Å²) in [6.45, 7) is 1.30. The van der Waals surface area contributed by atoms with Crippen molar-refractivity contribution in [1.29, 1.82) is 0 Å². The molecule has 0 saturated carbocycles. The topological polar surface area (TPSA) is 29.5 Å². The lowest BCUT2D eigenvalue weighted by molar-refractivity contribution is -0.130. The van der Waals surface area contributed by atoms with E-state index in [0.29, 0.717) is 25.3 Å². The number of aryl methyl sites for hydroxylation is 1. The van der Waals surface area contributed by atoms with E-state index in [2.05, 4.69) is 12.1 Å². The van der Waals surface area contributed by atoms with Crippen LogP contribution in [0.5, 0.6) is 5.75 Å². The Morgan fingerprint density at radius 2 is 2.00 bits per heavy atom. The summed E-state index contributed by atoms with van der Waals surface area (Å²) < 4.78 is 19.0. The second-order valence-corrected chi connectivity index (χ2v) is 6.16. The minimum atomic E-state index is -0.306. The van der Waals surface area contributed by atoms with Gasteiger partial charge in [0.1, 0.15) is 17.7 Å². The Bertz CT molecular complexity index is 674. The van der Waals surface area contributed by atoms with Crippen molar-refractivity contribution in [3.05, 3.63) is 66.0 Å². The van der Waals surface area contributed by atoms with Crippen molar-refractivity contribution in [3.63, 3.8) is 0 Å². The normalized spacial score (nSPS) is 17.0. The van der Waals surface area contributed by atoms with Crippen molar-refractivity contribution in [1.82, 2.24) is 4.90 Å². The standard InChI is InChI=1S/C20H22FNO2/c21-17-9-5-10-18(14-17)24-19-12-13-22(15-19)20(23)11-4-8-16-6-2-1-3-7-16/h1-3,5-7,9-10,14,19H,4,8,11-13,15H2. The first-order valence-electron chi connectivity index (χ1n) is 8.44. The van der Waals surface area contributed by atoms with Gasteiger partial charge >= 0.3 is 0 Å². The van der Waals surface area contributed by atoms with Crippen LogP contribution in [0.1, 0.15) is 24.8 Å². The zero-order chi connectivity index (χ0) is 16.8. The number of rotatable bonds is 6. The van der Waals surface area contributed by atoms with Crippen LogP contribution < -0.4 is 4.74 Å². The maximum Gasteiger partial charge on any atom is 0.222 e. The SMILES string of the molecule is O=C(CCCc1ccccc1)N1CCC(Oc2cccc(F)c2)C1. The number of amides is 1. The Balaban J connectivity index is 1.42. The van der Waals surface area contributed by atoms with Gasteiger partial charge in [0.05, 0.1) is 6.54 Å². The summed E-state index contributed by atoms with van der Waals surface area (Å²) in [6, 6.07) is 16.4. The van der Waals surface area contributed by atoms with Crippen LogP contribution >= 0.6 is 0 Å². The molecule has 24 heavy (non-hydrogen) atoms. The number of halogens is 1. The number of nitrogens with zero attached hydrogens (tertiary/aromatic N) is 1. The average molecular weight is 327 g/mol. The van der Waals surface area contributed by atoms with E-state index >= 15 is 0 Å². The van der Waals surface area contributed by atoms with Crippen LogP contribution in [0.2, 0.25) is 0 Å². The van der Waals surface area contributed by atoms with Crippen LogP contribution in [0.25, 0.3) is 0 Å². The number of carbonyl (C=O) groups is 1. The molecule has 0 radical (unpaired) electrons. The zero-order valence-electron chi connectivity index (χ0n) is 13.7. The highest BCUT2D eigenvalue weighted by Crippen LogP contribution is 2.20. The maximum atomic E-state index is 13.2. The van der Waals surface area contributed by atoms with Crippen LogP contribution in [-0.4, -0.2) is 30.0 Å². The van der Waals surface area contributed by atoms with E-state index < -0.39 is 0 Å². The molecule has 1 aliphatic rings. The Morgan fingerprint density at radius 1 is 1.17 bits per heavy atom. The second-order valence-electron chi connectivity index (χ2n) is 6.16. The fourth-order valence-electron chi connectivity index (χ4n) is 3.03. The highest BCUT2D eigenvalue weighted by Gasteiger charge is 2.27. The van der Waals surface area contributed by atoms with Gasteiger partial charge in [-0.05, 0) is 30.5 Å². The molecular weight excluding hydrogens is 305 g/mol. The van der Waals surface area contributed by atoms with Crippen LogP contribution in [0.4, 0.5) is 4.39 Å². The minimum Gasteiger partial charge on any atom is -0.488 e. The van der Waals surface area contributed by atoms with Gasteiger partial charge < -0.3 is 9.64 Å². The van der Waals surface area contributed by atoms with Gasteiger partial charge in [-0.2, -0.15) is 0 Å². The molecule has 1 atom stereocenters. The molecule has 0 aliphatic carbocycles. The summed E-state index contributed by atoms with van der Waals surface area (Å²) in [5.41, 5.74) is 1.26. The first kappa shape index (κ1) is 16.5. The van der Waals surface area contributed by atoms with Gasteiger partial charge in [0.15, 0.2) is 0 Å². The molecule has 0 bridgehead atoms. The van der Waals surface area contributed by atoms with Crippen LogP contribution in [0.3, 0.4) is 0 Å². The predicted octanol–water partition coefficient (Wildman–Crippen LogP) is 3.83. The third-order valence-electron chi connectivity index (χ3n) is 4.30. The Hall–Kier alpha value is -2.36. The molecule has 0 N–H and O–H groups in total. The van der Waals surface area contributed by atoms with Gasteiger partial charge in [-0.25, -0.2) is 4.39 Å². The number of benzene rings is 2. The third kappa shape index (κ3) is 4.57. The Labute approximate surface area is 142 Å². The molecule has 3 nitrogen and oxygen atoms in total. The molecule has 126 valence electrons. The average Bonchev–Trinajstić information content (AvgIpc) is 3.04. The van der Waals surface area contributed by atoms with Crippen molar-refractivity contribution in [2.24, 2.45) is 0 Å². The van der Waals surface area contributed by atoms with Crippen LogP contribution in [-0.2, 0) is 11.2 Å².